The van der Waals surface area contributed by atoms with Crippen LogP contribution in [0.1, 0.15) is 68.3 Å². The summed E-state index contributed by atoms with van der Waals surface area (Å²) in [5, 5.41) is 13.9. The maximum absolute atomic E-state index is 12.7. The molecule has 7 heteroatoms. The molecule has 0 radical (unpaired) electrons. The summed E-state index contributed by atoms with van der Waals surface area (Å²) >= 11 is 0. The quantitative estimate of drug-likeness (QED) is 0.458. The molecule has 0 saturated heterocycles. The van der Waals surface area contributed by atoms with Gasteiger partial charge in [-0.2, -0.15) is 0 Å². The van der Waals surface area contributed by atoms with Crippen molar-refractivity contribution >= 4 is 18.7 Å². The van der Waals surface area contributed by atoms with Gasteiger partial charge in [0, 0.05) is 37.3 Å². The van der Waals surface area contributed by atoms with Crippen molar-refractivity contribution in [2.75, 3.05) is 6.54 Å². The molecule has 6 nitrogen and oxygen atoms in total. The largest absolute Gasteiger partial charge is 0.535 e. The van der Waals surface area contributed by atoms with Crippen LogP contribution in [0, 0.1) is 5.92 Å². The van der Waals surface area contributed by atoms with E-state index in [4.69, 9.17) is 10.4 Å². The second kappa shape index (κ2) is 9.87. The molecule has 2 aliphatic rings. The number of nitrogens with one attached hydrogen (secondary N) is 1. The van der Waals surface area contributed by atoms with Crippen molar-refractivity contribution < 1.29 is 19.3 Å². The molecule has 2 atom stereocenters. The highest BCUT2D eigenvalue weighted by Crippen LogP contribution is 2.37. The van der Waals surface area contributed by atoms with Gasteiger partial charge in [-0.1, -0.05) is 12.1 Å². The van der Waals surface area contributed by atoms with Gasteiger partial charge in [-0.15, -0.1) is 0 Å². The first-order chi connectivity index (χ1) is 13.8. The van der Waals surface area contributed by atoms with Crippen molar-refractivity contribution in [2.45, 2.75) is 76.7 Å². The maximum atomic E-state index is 12.7. The molecule has 1 heterocycles. The summed E-state index contributed by atoms with van der Waals surface area (Å²) in [5.41, 5.74) is 7.18. The number of nitrogens with two attached hydrogens (primary N) is 1. The first-order valence-corrected chi connectivity index (χ1v) is 10.8. The molecular formula is C22H33BN2O4. The Labute approximate surface area is 173 Å². The molecule has 0 amide bonds. The molecule has 158 valence electrons. The van der Waals surface area contributed by atoms with Crippen LogP contribution in [0.2, 0.25) is 5.82 Å². The highest BCUT2D eigenvalue weighted by molar-refractivity contribution is 6.47. The monoisotopic (exact) mass is 400 g/mol. The van der Waals surface area contributed by atoms with Gasteiger partial charge in [-0.25, -0.2) is 0 Å². The fraction of sp³-hybridized carbons (Fsp3) is 0.636. The van der Waals surface area contributed by atoms with Gasteiger partial charge >= 0.3 is 7.12 Å². The van der Waals surface area contributed by atoms with Gasteiger partial charge in [0.05, 0.1) is 5.56 Å². The fourth-order valence-corrected chi connectivity index (χ4v) is 4.56. The lowest BCUT2D eigenvalue weighted by Gasteiger charge is -2.31. The van der Waals surface area contributed by atoms with Crippen molar-refractivity contribution in [1.82, 2.24) is 5.32 Å². The number of Topliss-reactive ketones (excluding diaryl/α,β-unsaturated/α-hetero) is 2. The third kappa shape index (κ3) is 5.90. The smallest absolute Gasteiger partial charge is 0.526 e. The Hall–Kier alpha value is -1.70. The van der Waals surface area contributed by atoms with Gasteiger partial charge in [-0.3, -0.25) is 9.59 Å². The van der Waals surface area contributed by atoms with Gasteiger partial charge in [0.15, 0.2) is 5.78 Å². The summed E-state index contributed by atoms with van der Waals surface area (Å²) in [5.74, 6) is 0.731. The Balaban J connectivity index is 1.49. The van der Waals surface area contributed by atoms with E-state index in [1.165, 1.54) is 6.92 Å². The second-order valence-corrected chi connectivity index (χ2v) is 8.87. The third-order valence-electron chi connectivity index (χ3n) is 6.18. The molecule has 1 aromatic rings. The topological polar surface area (TPSA) is 102 Å². The van der Waals surface area contributed by atoms with E-state index in [-0.39, 0.29) is 23.4 Å². The zero-order valence-corrected chi connectivity index (χ0v) is 17.5. The van der Waals surface area contributed by atoms with Crippen LogP contribution in [0.25, 0.3) is 0 Å². The highest BCUT2D eigenvalue weighted by atomic mass is 16.5. The molecule has 29 heavy (non-hydrogen) atoms. The van der Waals surface area contributed by atoms with Gasteiger partial charge in [0.2, 0.25) is 0 Å². The summed E-state index contributed by atoms with van der Waals surface area (Å²) in [6.45, 7) is 4.32. The van der Waals surface area contributed by atoms with Gasteiger partial charge < -0.3 is 20.7 Å². The molecule has 0 aromatic heterocycles. The normalized spacial score (nSPS) is 25.1. The number of hydrogen-bond donors (Lipinski definition) is 3. The first kappa shape index (κ1) is 22.0. The molecule has 1 aliphatic carbocycles. The van der Waals surface area contributed by atoms with Crippen LogP contribution in [-0.4, -0.2) is 42.3 Å². The van der Waals surface area contributed by atoms with Gasteiger partial charge in [-0.05, 0) is 63.5 Å². The van der Waals surface area contributed by atoms with Crippen LogP contribution in [0.4, 0.5) is 0 Å². The minimum atomic E-state index is -1.05. The molecule has 1 fully saturated rings. The Morgan fingerprint density at radius 2 is 2.00 bits per heavy atom. The van der Waals surface area contributed by atoms with Gasteiger partial charge in [0.1, 0.15) is 11.5 Å². The molecule has 4 N–H and O–H groups in total. The molecule has 0 bridgehead atoms. The zero-order valence-electron chi connectivity index (χ0n) is 17.5. The van der Waals surface area contributed by atoms with Crippen molar-refractivity contribution in [3.63, 3.8) is 0 Å². The van der Waals surface area contributed by atoms with E-state index >= 15 is 0 Å². The SMILES string of the molecule is CC(=O)c1cccc2c1OB(O)[C@@H](CC(=O)CC1CCC(NC[C@H](C)N)CC1)C2. The lowest BCUT2D eigenvalue weighted by atomic mass is 9.64. The molecule has 1 aliphatic heterocycles. The lowest BCUT2D eigenvalue weighted by molar-refractivity contribution is -0.120. The number of carbonyl (C=O) groups is 2. The number of carbonyl (C=O) groups excluding carboxylic acids is 2. The van der Waals surface area contributed by atoms with E-state index in [2.05, 4.69) is 5.32 Å². The number of ketones is 2. The van der Waals surface area contributed by atoms with Crippen LogP contribution < -0.4 is 15.7 Å². The molecule has 1 saturated carbocycles. The van der Waals surface area contributed by atoms with E-state index in [1.807, 2.05) is 19.1 Å². The summed E-state index contributed by atoms with van der Waals surface area (Å²) in [6, 6.07) is 6.11. The zero-order chi connectivity index (χ0) is 21.0. The second-order valence-electron chi connectivity index (χ2n) is 8.87. The minimum absolute atomic E-state index is 0.0883. The lowest BCUT2D eigenvalue weighted by Crippen LogP contribution is -2.40. The van der Waals surface area contributed by atoms with Crippen molar-refractivity contribution in [3.05, 3.63) is 29.3 Å². The fourth-order valence-electron chi connectivity index (χ4n) is 4.56. The van der Waals surface area contributed by atoms with Crippen LogP contribution in [0.5, 0.6) is 5.75 Å². The summed E-state index contributed by atoms with van der Waals surface area (Å²) in [6.07, 6.45) is 5.71. The van der Waals surface area contributed by atoms with E-state index < -0.39 is 7.12 Å². The van der Waals surface area contributed by atoms with Crippen LogP contribution in [0.15, 0.2) is 18.2 Å². The van der Waals surface area contributed by atoms with E-state index in [9.17, 15) is 14.6 Å². The summed E-state index contributed by atoms with van der Waals surface area (Å²) < 4.78 is 5.65. The molecule has 0 unspecified atom stereocenters. The predicted molar refractivity (Wildman–Crippen MR) is 114 cm³/mol. The van der Waals surface area contributed by atoms with Crippen molar-refractivity contribution in [1.29, 1.82) is 0 Å². The van der Waals surface area contributed by atoms with Crippen LogP contribution in [-0.2, 0) is 11.2 Å². The van der Waals surface area contributed by atoms with Gasteiger partial charge in [0.25, 0.3) is 0 Å². The summed E-state index contributed by atoms with van der Waals surface area (Å²) in [7, 11) is -1.05. The molecular weight excluding hydrogens is 367 g/mol. The Kier molecular flexibility index (Phi) is 7.49. The van der Waals surface area contributed by atoms with Crippen LogP contribution >= 0.6 is 0 Å². The highest BCUT2D eigenvalue weighted by Gasteiger charge is 2.37. The Morgan fingerprint density at radius 3 is 2.66 bits per heavy atom. The first-order valence-electron chi connectivity index (χ1n) is 10.8. The predicted octanol–water partition coefficient (Wildman–Crippen LogP) is 2.52. The Morgan fingerprint density at radius 1 is 1.28 bits per heavy atom. The summed E-state index contributed by atoms with van der Waals surface area (Å²) in [4.78, 5) is 24.4. The molecule has 3 rings (SSSR count). The van der Waals surface area contributed by atoms with E-state index in [1.54, 1.807) is 6.07 Å². The average molecular weight is 400 g/mol. The number of fused-ring (bicyclic) bond motifs is 1. The number of rotatable bonds is 8. The van der Waals surface area contributed by atoms with E-state index in [0.717, 1.165) is 37.8 Å². The third-order valence-corrected chi connectivity index (χ3v) is 6.18. The number of hydrogen-bond acceptors (Lipinski definition) is 6. The molecule has 1 aromatic carbocycles. The standard InChI is InChI=1S/C22H33BN2O4/c1-14(24)13-25-19-8-6-16(7-9-19)10-20(27)12-18-11-17-4-3-5-21(15(2)26)22(17)29-23(18)28/h3-5,14,16,18-19,25,28H,6-13,24H2,1-2H3/t14-,16?,18+,19?/m0/s1. The van der Waals surface area contributed by atoms with Crippen molar-refractivity contribution in [3.8, 4) is 5.75 Å². The Bertz CT molecular complexity index is 732. The average Bonchev–Trinajstić information content (AvgIpc) is 2.67. The molecule has 0 spiro atoms. The number of para-hydroxylation sites is 1. The van der Waals surface area contributed by atoms with Crippen LogP contribution in [0.3, 0.4) is 0 Å². The van der Waals surface area contributed by atoms with E-state index in [0.29, 0.717) is 42.5 Å². The van der Waals surface area contributed by atoms with Crippen molar-refractivity contribution in [2.24, 2.45) is 11.7 Å². The number of benzene rings is 1. The minimum Gasteiger partial charge on any atom is -0.535 e. The maximum Gasteiger partial charge on any atom is 0.526 e.